The average Bonchev–Trinajstić information content (AvgIpc) is 2.83. The van der Waals surface area contributed by atoms with Gasteiger partial charge in [0.1, 0.15) is 18.0 Å². The topological polar surface area (TPSA) is 84.9 Å². The quantitative estimate of drug-likeness (QED) is 0.461. The van der Waals surface area contributed by atoms with E-state index in [0.29, 0.717) is 23.8 Å². The zero-order valence-electron chi connectivity index (χ0n) is 19.8. The van der Waals surface area contributed by atoms with Crippen LogP contribution in [0.3, 0.4) is 0 Å². The van der Waals surface area contributed by atoms with Crippen molar-refractivity contribution in [3.8, 4) is 11.5 Å². The Bertz CT molecular complexity index is 1190. The van der Waals surface area contributed by atoms with E-state index in [1.807, 2.05) is 57.2 Å². The standard InChI is InChI=1S/C26H30N2O5S/c1-5-33-24-14-16-25(17-15-24)34(30,31)28(22-10-6-19(2)7-11-22)18-26(29)27-20(3)21-8-12-23(32-4)13-9-21/h6-17,20H,5,18H2,1-4H3,(H,27,29)/t20-/m1/s1. The fraction of sp³-hybridized carbons (Fsp3) is 0.269. The Balaban J connectivity index is 1.85. The number of anilines is 1. The van der Waals surface area contributed by atoms with Gasteiger partial charge in [0, 0.05) is 0 Å². The molecule has 3 aromatic rings. The molecule has 0 aliphatic carbocycles. The van der Waals surface area contributed by atoms with Gasteiger partial charge < -0.3 is 14.8 Å². The molecule has 8 heteroatoms. The smallest absolute Gasteiger partial charge is 0.264 e. The molecule has 0 bridgehead atoms. The van der Waals surface area contributed by atoms with Gasteiger partial charge in [-0.2, -0.15) is 0 Å². The van der Waals surface area contributed by atoms with E-state index in [1.165, 1.54) is 12.1 Å². The summed E-state index contributed by atoms with van der Waals surface area (Å²) in [6.07, 6.45) is 0. The molecular weight excluding hydrogens is 452 g/mol. The van der Waals surface area contributed by atoms with Gasteiger partial charge >= 0.3 is 0 Å². The predicted molar refractivity (Wildman–Crippen MR) is 133 cm³/mol. The molecule has 1 N–H and O–H groups in total. The van der Waals surface area contributed by atoms with Crippen LogP contribution in [0.5, 0.6) is 11.5 Å². The van der Waals surface area contributed by atoms with Crippen molar-refractivity contribution in [3.63, 3.8) is 0 Å². The number of rotatable bonds is 10. The van der Waals surface area contributed by atoms with Gasteiger partial charge in [0.2, 0.25) is 5.91 Å². The lowest BCUT2D eigenvalue weighted by atomic mass is 10.1. The summed E-state index contributed by atoms with van der Waals surface area (Å²) in [5.74, 6) is 0.877. The van der Waals surface area contributed by atoms with E-state index in [1.54, 1.807) is 31.4 Å². The van der Waals surface area contributed by atoms with Crippen LogP contribution in [-0.2, 0) is 14.8 Å². The highest BCUT2D eigenvalue weighted by Gasteiger charge is 2.28. The zero-order valence-corrected chi connectivity index (χ0v) is 20.6. The van der Waals surface area contributed by atoms with E-state index in [9.17, 15) is 13.2 Å². The molecule has 34 heavy (non-hydrogen) atoms. The first-order valence-corrected chi connectivity index (χ1v) is 12.4. The number of nitrogens with zero attached hydrogens (tertiary/aromatic N) is 1. The summed E-state index contributed by atoms with van der Waals surface area (Å²) in [6.45, 7) is 5.73. The molecule has 7 nitrogen and oxygen atoms in total. The molecule has 3 rings (SSSR count). The Kier molecular flexibility index (Phi) is 8.17. The molecule has 0 unspecified atom stereocenters. The van der Waals surface area contributed by atoms with Crippen LogP contribution < -0.4 is 19.1 Å². The second-order valence-electron chi connectivity index (χ2n) is 7.81. The van der Waals surface area contributed by atoms with Crippen molar-refractivity contribution in [2.75, 3.05) is 24.6 Å². The number of ether oxygens (including phenoxy) is 2. The van der Waals surface area contributed by atoms with Gasteiger partial charge in [0.15, 0.2) is 0 Å². The Labute approximate surface area is 201 Å². The first-order chi connectivity index (χ1) is 16.2. The van der Waals surface area contributed by atoms with Crippen LogP contribution in [0.4, 0.5) is 5.69 Å². The van der Waals surface area contributed by atoms with Crippen LogP contribution in [-0.4, -0.2) is 34.6 Å². The van der Waals surface area contributed by atoms with Crippen LogP contribution in [0.2, 0.25) is 0 Å². The molecule has 180 valence electrons. The van der Waals surface area contributed by atoms with E-state index in [-0.39, 0.29) is 17.5 Å². The molecule has 0 saturated heterocycles. The molecule has 0 aliphatic heterocycles. The van der Waals surface area contributed by atoms with Gasteiger partial charge in [0.25, 0.3) is 10.0 Å². The number of benzene rings is 3. The summed E-state index contributed by atoms with van der Waals surface area (Å²) in [6, 6.07) is 20.2. The number of sulfonamides is 1. The maximum atomic E-state index is 13.5. The third-order valence-electron chi connectivity index (χ3n) is 5.33. The normalized spacial score (nSPS) is 12.0. The monoisotopic (exact) mass is 482 g/mol. The number of nitrogens with one attached hydrogen (secondary N) is 1. The zero-order chi connectivity index (χ0) is 24.7. The second kappa shape index (κ2) is 11.1. The lowest BCUT2D eigenvalue weighted by Crippen LogP contribution is -2.41. The van der Waals surface area contributed by atoms with E-state index in [0.717, 1.165) is 15.4 Å². The van der Waals surface area contributed by atoms with Gasteiger partial charge in [-0.1, -0.05) is 29.8 Å². The number of amides is 1. The van der Waals surface area contributed by atoms with Crippen molar-refractivity contribution in [1.82, 2.24) is 5.32 Å². The molecule has 3 aromatic carbocycles. The Morgan fingerprint density at radius 1 is 0.941 bits per heavy atom. The Morgan fingerprint density at radius 2 is 1.53 bits per heavy atom. The molecule has 0 spiro atoms. The van der Waals surface area contributed by atoms with E-state index >= 15 is 0 Å². The van der Waals surface area contributed by atoms with Crippen LogP contribution in [0.1, 0.15) is 31.0 Å². The first-order valence-electron chi connectivity index (χ1n) is 11.0. The Hall–Kier alpha value is -3.52. The van der Waals surface area contributed by atoms with Crippen LogP contribution in [0.25, 0.3) is 0 Å². The highest BCUT2D eigenvalue weighted by atomic mass is 32.2. The summed E-state index contributed by atoms with van der Waals surface area (Å²) >= 11 is 0. The maximum Gasteiger partial charge on any atom is 0.264 e. The highest BCUT2D eigenvalue weighted by Crippen LogP contribution is 2.26. The van der Waals surface area contributed by atoms with Crippen LogP contribution in [0.15, 0.2) is 77.7 Å². The highest BCUT2D eigenvalue weighted by molar-refractivity contribution is 7.92. The van der Waals surface area contributed by atoms with Crippen molar-refractivity contribution >= 4 is 21.6 Å². The second-order valence-corrected chi connectivity index (χ2v) is 9.68. The molecule has 0 fully saturated rings. The van der Waals surface area contributed by atoms with E-state index in [2.05, 4.69) is 5.32 Å². The van der Waals surface area contributed by atoms with Gasteiger partial charge in [-0.15, -0.1) is 0 Å². The molecule has 1 amide bonds. The maximum absolute atomic E-state index is 13.5. The summed E-state index contributed by atoms with van der Waals surface area (Å²) in [5, 5.41) is 2.89. The van der Waals surface area contributed by atoms with Gasteiger partial charge in [-0.3, -0.25) is 9.10 Å². The fourth-order valence-electron chi connectivity index (χ4n) is 3.42. The number of carbonyl (C=O) groups excluding carboxylic acids is 1. The third kappa shape index (κ3) is 6.08. The van der Waals surface area contributed by atoms with Crippen molar-refractivity contribution in [2.45, 2.75) is 31.7 Å². The summed E-state index contributed by atoms with van der Waals surface area (Å²) in [4.78, 5) is 13.0. The predicted octanol–water partition coefficient (Wildman–Crippen LogP) is 4.48. The minimum Gasteiger partial charge on any atom is -0.497 e. The third-order valence-corrected chi connectivity index (χ3v) is 7.11. The van der Waals surface area contributed by atoms with Crippen LogP contribution in [0, 0.1) is 6.92 Å². The largest absolute Gasteiger partial charge is 0.497 e. The van der Waals surface area contributed by atoms with Gasteiger partial charge in [0.05, 0.1) is 30.3 Å². The number of carbonyl (C=O) groups is 1. The van der Waals surface area contributed by atoms with Crippen molar-refractivity contribution in [3.05, 3.63) is 83.9 Å². The number of methoxy groups -OCH3 is 1. The number of hydrogen-bond acceptors (Lipinski definition) is 5. The minimum atomic E-state index is -4.00. The number of aryl methyl sites for hydroxylation is 1. The van der Waals surface area contributed by atoms with E-state index in [4.69, 9.17) is 9.47 Å². The average molecular weight is 483 g/mol. The Morgan fingerprint density at radius 3 is 2.09 bits per heavy atom. The fourth-order valence-corrected chi connectivity index (χ4v) is 4.84. The summed E-state index contributed by atoms with van der Waals surface area (Å²) in [7, 11) is -2.41. The summed E-state index contributed by atoms with van der Waals surface area (Å²) < 4.78 is 38.8. The molecule has 1 atom stereocenters. The molecular formula is C26H30N2O5S. The van der Waals surface area contributed by atoms with Crippen LogP contribution >= 0.6 is 0 Å². The van der Waals surface area contributed by atoms with Gasteiger partial charge in [-0.25, -0.2) is 8.42 Å². The lowest BCUT2D eigenvalue weighted by Gasteiger charge is -2.25. The molecule has 0 aromatic heterocycles. The minimum absolute atomic E-state index is 0.0764. The lowest BCUT2D eigenvalue weighted by molar-refractivity contribution is -0.120. The molecule has 0 saturated carbocycles. The molecule has 0 aliphatic rings. The first kappa shape index (κ1) is 25.1. The van der Waals surface area contributed by atoms with Gasteiger partial charge in [-0.05, 0) is 74.9 Å². The van der Waals surface area contributed by atoms with Crippen molar-refractivity contribution in [1.29, 1.82) is 0 Å². The summed E-state index contributed by atoms with van der Waals surface area (Å²) in [5.41, 5.74) is 2.27. The SMILES string of the molecule is CCOc1ccc(S(=O)(=O)N(CC(=O)N[C@H](C)c2ccc(OC)cc2)c2ccc(C)cc2)cc1. The number of hydrogen-bond donors (Lipinski definition) is 1. The van der Waals surface area contributed by atoms with Crippen molar-refractivity contribution in [2.24, 2.45) is 0 Å². The molecule has 0 radical (unpaired) electrons. The van der Waals surface area contributed by atoms with Crippen molar-refractivity contribution < 1.29 is 22.7 Å². The van der Waals surface area contributed by atoms with E-state index < -0.39 is 15.9 Å². The molecule has 0 heterocycles.